The third kappa shape index (κ3) is 5.66. The van der Waals surface area contributed by atoms with E-state index in [0.717, 1.165) is 18.8 Å². The molecule has 1 aliphatic rings. The molecule has 0 unspecified atom stereocenters. The number of hydrogen-bond donors (Lipinski definition) is 1. The van der Waals surface area contributed by atoms with Crippen molar-refractivity contribution in [3.63, 3.8) is 0 Å². The fourth-order valence-electron chi connectivity index (χ4n) is 3.37. The lowest BCUT2D eigenvalue weighted by atomic mass is 10.2. The zero-order valence-electron chi connectivity index (χ0n) is 17.1. The van der Waals surface area contributed by atoms with Crippen molar-refractivity contribution in [3.05, 3.63) is 78.3 Å². The summed E-state index contributed by atoms with van der Waals surface area (Å²) < 4.78 is 16.1. The van der Waals surface area contributed by atoms with Gasteiger partial charge in [0.05, 0.1) is 0 Å². The summed E-state index contributed by atoms with van der Waals surface area (Å²) in [5, 5.41) is 2.72. The Kier molecular flexibility index (Phi) is 6.52. The van der Waals surface area contributed by atoms with Crippen molar-refractivity contribution in [2.24, 2.45) is 0 Å². The van der Waals surface area contributed by atoms with Crippen molar-refractivity contribution in [1.82, 2.24) is 0 Å². The summed E-state index contributed by atoms with van der Waals surface area (Å²) in [6, 6.07) is 20.1. The van der Waals surface area contributed by atoms with Gasteiger partial charge in [0.1, 0.15) is 18.1 Å². The lowest BCUT2D eigenvalue weighted by Gasteiger charge is -2.17. The van der Waals surface area contributed by atoms with Gasteiger partial charge in [0.15, 0.2) is 6.61 Å². The molecule has 1 aliphatic heterocycles. The number of nitrogens with zero attached hydrogens (tertiary/aromatic N) is 1. The normalized spacial score (nSPS) is 13.1. The molecule has 0 aliphatic carbocycles. The van der Waals surface area contributed by atoms with Crippen molar-refractivity contribution < 1.29 is 23.5 Å². The Morgan fingerprint density at radius 3 is 2.42 bits per heavy atom. The Morgan fingerprint density at radius 1 is 0.935 bits per heavy atom. The molecule has 0 radical (unpaired) electrons. The third-order valence-corrected chi connectivity index (χ3v) is 4.94. The maximum Gasteiger partial charge on any atom is 0.374 e. The van der Waals surface area contributed by atoms with Gasteiger partial charge in [-0.1, -0.05) is 18.2 Å². The summed E-state index contributed by atoms with van der Waals surface area (Å²) in [7, 11) is 0. The number of rotatable bonds is 8. The molecule has 1 amide bonds. The molecular weight excluding hydrogens is 396 g/mol. The summed E-state index contributed by atoms with van der Waals surface area (Å²) in [4.78, 5) is 26.6. The third-order valence-electron chi connectivity index (χ3n) is 4.94. The molecule has 0 bridgehead atoms. The lowest BCUT2D eigenvalue weighted by Crippen LogP contribution is -2.21. The highest BCUT2D eigenvalue weighted by Gasteiger charge is 2.16. The molecule has 3 aromatic rings. The summed E-state index contributed by atoms with van der Waals surface area (Å²) >= 11 is 0. The Bertz CT molecular complexity index is 1010. The minimum atomic E-state index is -0.703. The van der Waals surface area contributed by atoms with Crippen LogP contribution in [0.25, 0.3) is 0 Å². The molecule has 1 saturated heterocycles. The fourth-order valence-corrected chi connectivity index (χ4v) is 3.37. The van der Waals surface area contributed by atoms with Crippen LogP contribution in [-0.4, -0.2) is 31.6 Å². The maximum absolute atomic E-state index is 12.1. The maximum atomic E-state index is 12.1. The van der Waals surface area contributed by atoms with Gasteiger partial charge in [0, 0.05) is 24.5 Å². The predicted octanol–water partition coefficient (Wildman–Crippen LogP) is 4.25. The van der Waals surface area contributed by atoms with Gasteiger partial charge in [-0.2, -0.15) is 0 Å². The predicted molar refractivity (Wildman–Crippen MR) is 116 cm³/mol. The van der Waals surface area contributed by atoms with Crippen LogP contribution in [0.1, 0.15) is 29.2 Å². The van der Waals surface area contributed by atoms with E-state index in [9.17, 15) is 9.59 Å². The summed E-state index contributed by atoms with van der Waals surface area (Å²) in [5.74, 6) is 0.0906. The Labute approximate surface area is 180 Å². The number of carbonyl (C=O) groups excluding carboxylic acids is 2. The quantitative estimate of drug-likeness (QED) is 0.549. The highest BCUT2D eigenvalue weighted by Crippen LogP contribution is 2.22. The second-order valence-electron chi connectivity index (χ2n) is 7.23. The Morgan fingerprint density at radius 2 is 1.68 bits per heavy atom. The largest absolute Gasteiger partial charge is 0.486 e. The summed E-state index contributed by atoms with van der Waals surface area (Å²) in [5.41, 5.74) is 1.80. The number of anilines is 2. The standard InChI is InChI=1S/C24H24N2O5/c27-23(25-18-8-10-19(11-9-18)26-14-4-5-15-26)17-30-24(28)22-13-12-21(31-22)16-29-20-6-2-1-3-7-20/h1-3,6-13H,4-5,14-17H2,(H,25,27). The molecule has 1 aromatic heterocycles. The second-order valence-corrected chi connectivity index (χ2v) is 7.23. The van der Waals surface area contributed by atoms with E-state index in [1.807, 2.05) is 54.6 Å². The molecule has 2 heterocycles. The van der Waals surface area contributed by atoms with Crippen LogP contribution in [0.5, 0.6) is 5.75 Å². The zero-order chi connectivity index (χ0) is 21.5. The number of benzene rings is 2. The topological polar surface area (TPSA) is 81.0 Å². The van der Waals surface area contributed by atoms with Crippen molar-refractivity contribution in [3.8, 4) is 5.75 Å². The number of nitrogens with one attached hydrogen (secondary N) is 1. The van der Waals surface area contributed by atoms with Crippen molar-refractivity contribution in [1.29, 1.82) is 0 Å². The van der Waals surface area contributed by atoms with Gasteiger partial charge in [-0.05, 0) is 61.4 Å². The molecule has 7 nitrogen and oxygen atoms in total. The van der Waals surface area contributed by atoms with Gasteiger partial charge in [-0.15, -0.1) is 0 Å². The average Bonchev–Trinajstić information content (AvgIpc) is 3.50. The molecule has 0 spiro atoms. The molecule has 1 fully saturated rings. The number of carbonyl (C=O) groups is 2. The molecule has 4 rings (SSSR count). The minimum absolute atomic E-state index is 0.0226. The highest BCUT2D eigenvalue weighted by atomic mass is 16.6. The lowest BCUT2D eigenvalue weighted by molar-refractivity contribution is -0.119. The average molecular weight is 420 g/mol. The number of furan rings is 1. The summed E-state index contributed by atoms with van der Waals surface area (Å²) in [6.45, 7) is 1.91. The minimum Gasteiger partial charge on any atom is -0.486 e. The van der Waals surface area contributed by atoms with Gasteiger partial charge in [0.2, 0.25) is 5.76 Å². The van der Waals surface area contributed by atoms with Gasteiger partial charge in [0.25, 0.3) is 5.91 Å². The Balaban J connectivity index is 1.22. The van der Waals surface area contributed by atoms with E-state index in [4.69, 9.17) is 13.9 Å². The summed E-state index contributed by atoms with van der Waals surface area (Å²) in [6.07, 6.45) is 2.42. The van der Waals surface area contributed by atoms with E-state index in [0.29, 0.717) is 17.2 Å². The van der Waals surface area contributed by atoms with Crippen molar-refractivity contribution in [2.75, 3.05) is 29.9 Å². The molecule has 0 saturated carbocycles. The van der Waals surface area contributed by atoms with Gasteiger partial charge >= 0.3 is 5.97 Å². The van der Waals surface area contributed by atoms with Crippen LogP contribution < -0.4 is 15.0 Å². The van der Waals surface area contributed by atoms with Crippen molar-refractivity contribution >= 4 is 23.3 Å². The van der Waals surface area contributed by atoms with Crippen LogP contribution in [0.3, 0.4) is 0 Å². The fraction of sp³-hybridized carbons (Fsp3) is 0.250. The van der Waals surface area contributed by atoms with Gasteiger partial charge < -0.3 is 24.1 Å². The number of para-hydroxylation sites is 1. The van der Waals surface area contributed by atoms with Crippen LogP contribution in [0.2, 0.25) is 0 Å². The van der Waals surface area contributed by atoms with E-state index < -0.39 is 18.5 Å². The van der Waals surface area contributed by atoms with E-state index >= 15 is 0 Å². The zero-order valence-corrected chi connectivity index (χ0v) is 17.1. The molecule has 1 N–H and O–H groups in total. The van der Waals surface area contributed by atoms with E-state index in [-0.39, 0.29) is 12.4 Å². The first kappa shape index (κ1) is 20.5. The number of esters is 1. The first-order valence-electron chi connectivity index (χ1n) is 10.3. The van der Waals surface area contributed by atoms with E-state index in [1.54, 1.807) is 6.07 Å². The first-order valence-corrected chi connectivity index (χ1v) is 10.3. The molecule has 7 heteroatoms. The first-order chi connectivity index (χ1) is 15.2. The molecular formula is C24H24N2O5. The van der Waals surface area contributed by atoms with Gasteiger partial charge in [-0.3, -0.25) is 4.79 Å². The van der Waals surface area contributed by atoms with Crippen LogP contribution in [0, 0.1) is 0 Å². The van der Waals surface area contributed by atoms with E-state index in [2.05, 4.69) is 10.2 Å². The van der Waals surface area contributed by atoms with Crippen LogP contribution in [-0.2, 0) is 16.1 Å². The SMILES string of the molecule is O=C(COC(=O)c1ccc(COc2ccccc2)o1)Nc1ccc(N2CCCC2)cc1. The number of amides is 1. The molecule has 2 aromatic carbocycles. The van der Waals surface area contributed by atoms with Crippen LogP contribution in [0.4, 0.5) is 11.4 Å². The second kappa shape index (κ2) is 9.84. The smallest absolute Gasteiger partial charge is 0.374 e. The Hall–Kier alpha value is -3.74. The van der Waals surface area contributed by atoms with Crippen LogP contribution >= 0.6 is 0 Å². The van der Waals surface area contributed by atoms with E-state index in [1.165, 1.54) is 18.9 Å². The van der Waals surface area contributed by atoms with Gasteiger partial charge in [-0.25, -0.2) is 4.79 Å². The molecule has 31 heavy (non-hydrogen) atoms. The molecule has 160 valence electrons. The monoisotopic (exact) mass is 420 g/mol. The van der Waals surface area contributed by atoms with Crippen LogP contribution in [0.15, 0.2) is 71.1 Å². The highest BCUT2D eigenvalue weighted by molar-refractivity contribution is 5.94. The van der Waals surface area contributed by atoms with Crippen molar-refractivity contribution in [2.45, 2.75) is 19.4 Å². The molecule has 0 atom stereocenters. The number of ether oxygens (including phenoxy) is 2. The number of hydrogen-bond acceptors (Lipinski definition) is 6.